The zero-order chi connectivity index (χ0) is 13.4. The third kappa shape index (κ3) is 2.92. The smallest absolute Gasteiger partial charge is 0.223 e. The van der Waals surface area contributed by atoms with Crippen LogP contribution in [-0.4, -0.2) is 42.0 Å². The SMILES string of the molecule is CC1CN(C(=O)CC2CC3CCC2C3)CC(CCl)O1. The molecule has 108 valence electrons. The van der Waals surface area contributed by atoms with Crippen LogP contribution in [0.15, 0.2) is 0 Å². The van der Waals surface area contributed by atoms with E-state index in [9.17, 15) is 4.79 Å². The van der Waals surface area contributed by atoms with Gasteiger partial charge in [-0.2, -0.15) is 0 Å². The Kier molecular flexibility index (Phi) is 4.04. The van der Waals surface area contributed by atoms with Gasteiger partial charge in [-0.15, -0.1) is 11.6 Å². The molecular formula is C15H24ClNO2. The summed E-state index contributed by atoms with van der Waals surface area (Å²) in [6, 6.07) is 0. The Bertz CT molecular complexity index is 349. The van der Waals surface area contributed by atoms with Gasteiger partial charge < -0.3 is 9.64 Å². The molecule has 5 unspecified atom stereocenters. The minimum atomic E-state index is 0.00870. The van der Waals surface area contributed by atoms with Gasteiger partial charge in [0.1, 0.15) is 0 Å². The van der Waals surface area contributed by atoms with E-state index in [0.717, 1.165) is 24.8 Å². The van der Waals surface area contributed by atoms with Gasteiger partial charge in [-0.25, -0.2) is 0 Å². The standard InChI is InChI=1S/C15H24ClNO2/c1-10-8-17(9-14(7-16)19-10)15(18)6-13-5-11-2-3-12(13)4-11/h10-14H,2-9H2,1H3. The molecule has 2 bridgehead atoms. The molecule has 1 amide bonds. The fraction of sp³-hybridized carbons (Fsp3) is 0.933. The third-order valence-electron chi connectivity index (χ3n) is 5.17. The van der Waals surface area contributed by atoms with Crippen molar-refractivity contribution in [2.45, 2.75) is 51.2 Å². The van der Waals surface area contributed by atoms with Crippen molar-refractivity contribution in [3.8, 4) is 0 Å². The summed E-state index contributed by atoms with van der Waals surface area (Å²) in [5, 5.41) is 0. The summed E-state index contributed by atoms with van der Waals surface area (Å²) in [6.07, 6.45) is 6.29. The molecule has 0 N–H and O–H groups in total. The fourth-order valence-corrected chi connectivity index (χ4v) is 4.48. The highest BCUT2D eigenvalue weighted by Gasteiger charge is 2.41. The van der Waals surface area contributed by atoms with E-state index in [4.69, 9.17) is 16.3 Å². The molecular weight excluding hydrogens is 262 g/mol. The number of carbonyl (C=O) groups is 1. The lowest BCUT2D eigenvalue weighted by molar-refractivity contribution is -0.144. The van der Waals surface area contributed by atoms with Crippen LogP contribution in [0, 0.1) is 17.8 Å². The van der Waals surface area contributed by atoms with Gasteiger partial charge in [0.15, 0.2) is 0 Å². The van der Waals surface area contributed by atoms with Crippen LogP contribution in [0.25, 0.3) is 0 Å². The average Bonchev–Trinajstić information content (AvgIpc) is 3.00. The second kappa shape index (κ2) is 5.61. The van der Waals surface area contributed by atoms with E-state index >= 15 is 0 Å². The maximum absolute atomic E-state index is 12.5. The quantitative estimate of drug-likeness (QED) is 0.746. The van der Waals surface area contributed by atoms with Gasteiger partial charge in [-0.3, -0.25) is 4.79 Å². The summed E-state index contributed by atoms with van der Waals surface area (Å²) in [7, 11) is 0. The van der Waals surface area contributed by atoms with Gasteiger partial charge in [-0.05, 0) is 43.9 Å². The molecule has 0 aromatic carbocycles. The van der Waals surface area contributed by atoms with Crippen molar-refractivity contribution < 1.29 is 9.53 Å². The Hall–Kier alpha value is -0.280. The van der Waals surface area contributed by atoms with Gasteiger partial charge in [0, 0.05) is 19.5 Å². The van der Waals surface area contributed by atoms with E-state index in [2.05, 4.69) is 0 Å². The summed E-state index contributed by atoms with van der Waals surface area (Å²) in [4.78, 5) is 14.4. The first-order valence-electron chi connectivity index (χ1n) is 7.65. The van der Waals surface area contributed by atoms with Crippen molar-refractivity contribution in [3.63, 3.8) is 0 Å². The molecule has 0 spiro atoms. The molecule has 4 heteroatoms. The van der Waals surface area contributed by atoms with E-state index in [-0.39, 0.29) is 12.2 Å². The van der Waals surface area contributed by atoms with Gasteiger partial charge in [0.25, 0.3) is 0 Å². The summed E-state index contributed by atoms with van der Waals surface area (Å²) in [5.41, 5.74) is 0. The van der Waals surface area contributed by atoms with Crippen LogP contribution in [0.3, 0.4) is 0 Å². The van der Waals surface area contributed by atoms with Gasteiger partial charge >= 0.3 is 0 Å². The minimum Gasteiger partial charge on any atom is -0.370 e. The topological polar surface area (TPSA) is 29.5 Å². The molecule has 3 aliphatic rings. The molecule has 0 aromatic rings. The van der Waals surface area contributed by atoms with Crippen molar-refractivity contribution in [1.82, 2.24) is 4.90 Å². The van der Waals surface area contributed by atoms with Crippen LogP contribution in [0.2, 0.25) is 0 Å². The van der Waals surface area contributed by atoms with Crippen LogP contribution >= 0.6 is 11.6 Å². The van der Waals surface area contributed by atoms with E-state index in [1.165, 1.54) is 25.7 Å². The third-order valence-corrected chi connectivity index (χ3v) is 5.52. The Labute approximate surface area is 120 Å². The molecule has 3 fully saturated rings. The first-order valence-corrected chi connectivity index (χ1v) is 8.18. The highest BCUT2D eigenvalue weighted by Crippen LogP contribution is 2.49. The lowest BCUT2D eigenvalue weighted by Crippen LogP contribution is -2.50. The van der Waals surface area contributed by atoms with Gasteiger partial charge in [-0.1, -0.05) is 6.42 Å². The summed E-state index contributed by atoms with van der Waals surface area (Å²) in [5.74, 6) is 3.20. The second-order valence-corrected chi connectivity index (χ2v) is 6.97. The average molecular weight is 286 g/mol. The molecule has 3 rings (SSSR count). The molecule has 1 saturated heterocycles. The van der Waals surface area contributed by atoms with Crippen molar-refractivity contribution >= 4 is 17.5 Å². The minimum absolute atomic E-state index is 0.00870. The Balaban J connectivity index is 1.55. The summed E-state index contributed by atoms with van der Waals surface area (Å²) in [6.45, 7) is 3.43. The second-order valence-electron chi connectivity index (χ2n) is 6.66. The van der Waals surface area contributed by atoms with Crippen LogP contribution in [0.1, 0.15) is 39.0 Å². The molecule has 19 heavy (non-hydrogen) atoms. The van der Waals surface area contributed by atoms with Crippen molar-refractivity contribution in [1.29, 1.82) is 0 Å². The predicted octanol–water partition coefficient (Wildman–Crippen LogP) is 2.67. The summed E-state index contributed by atoms with van der Waals surface area (Å²) >= 11 is 5.87. The number of hydrogen-bond acceptors (Lipinski definition) is 2. The van der Waals surface area contributed by atoms with E-state index in [1.54, 1.807) is 0 Å². The fourth-order valence-electron chi connectivity index (χ4n) is 4.31. The van der Waals surface area contributed by atoms with Crippen LogP contribution < -0.4 is 0 Å². The van der Waals surface area contributed by atoms with E-state index in [0.29, 0.717) is 24.2 Å². The number of halogens is 1. The molecule has 0 aromatic heterocycles. The monoisotopic (exact) mass is 285 g/mol. The molecule has 1 heterocycles. The Morgan fingerprint density at radius 1 is 1.32 bits per heavy atom. The van der Waals surface area contributed by atoms with E-state index in [1.807, 2.05) is 11.8 Å². The van der Waals surface area contributed by atoms with Crippen LogP contribution in [-0.2, 0) is 9.53 Å². The lowest BCUT2D eigenvalue weighted by atomic mass is 9.86. The number of fused-ring (bicyclic) bond motifs is 2. The first kappa shape index (κ1) is 13.7. The number of nitrogens with zero attached hydrogens (tertiary/aromatic N) is 1. The molecule has 2 saturated carbocycles. The highest BCUT2D eigenvalue weighted by molar-refractivity contribution is 6.18. The van der Waals surface area contributed by atoms with Crippen LogP contribution in [0.4, 0.5) is 0 Å². The Morgan fingerprint density at radius 2 is 2.16 bits per heavy atom. The van der Waals surface area contributed by atoms with Gasteiger partial charge in [0.2, 0.25) is 5.91 Å². The first-order chi connectivity index (χ1) is 9.15. The maximum Gasteiger partial charge on any atom is 0.223 e. The predicted molar refractivity (Wildman–Crippen MR) is 75.2 cm³/mol. The number of rotatable bonds is 3. The van der Waals surface area contributed by atoms with Crippen LogP contribution in [0.5, 0.6) is 0 Å². The lowest BCUT2D eigenvalue weighted by Gasteiger charge is -2.37. The normalized spacial score (nSPS) is 41.8. The summed E-state index contributed by atoms with van der Waals surface area (Å²) < 4.78 is 5.71. The number of morpholine rings is 1. The largest absolute Gasteiger partial charge is 0.370 e. The molecule has 5 atom stereocenters. The number of amides is 1. The molecule has 3 nitrogen and oxygen atoms in total. The zero-order valence-corrected chi connectivity index (χ0v) is 12.4. The molecule has 2 aliphatic carbocycles. The highest BCUT2D eigenvalue weighted by atomic mass is 35.5. The number of alkyl halides is 1. The molecule has 0 radical (unpaired) electrons. The number of hydrogen-bond donors (Lipinski definition) is 0. The van der Waals surface area contributed by atoms with E-state index < -0.39 is 0 Å². The van der Waals surface area contributed by atoms with Crippen molar-refractivity contribution in [2.24, 2.45) is 17.8 Å². The van der Waals surface area contributed by atoms with Crippen molar-refractivity contribution in [3.05, 3.63) is 0 Å². The molecule has 1 aliphatic heterocycles. The zero-order valence-electron chi connectivity index (χ0n) is 11.7. The Morgan fingerprint density at radius 3 is 2.79 bits per heavy atom. The van der Waals surface area contributed by atoms with Crippen molar-refractivity contribution in [2.75, 3.05) is 19.0 Å². The van der Waals surface area contributed by atoms with Gasteiger partial charge in [0.05, 0.1) is 18.1 Å². The maximum atomic E-state index is 12.5. The number of carbonyl (C=O) groups excluding carboxylic acids is 1. The number of ether oxygens (including phenoxy) is 1.